The van der Waals surface area contributed by atoms with Gasteiger partial charge in [-0.3, -0.25) is 19.1 Å². The molecule has 0 N–H and O–H groups in total. The lowest BCUT2D eigenvalue weighted by Gasteiger charge is -2.27. The van der Waals surface area contributed by atoms with Gasteiger partial charge in [0.1, 0.15) is 18.2 Å². The summed E-state index contributed by atoms with van der Waals surface area (Å²) < 4.78 is 12.9. The van der Waals surface area contributed by atoms with Crippen LogP contribution in [0.3, 0.4) is 0 Å². The van der Waals surface area contributed by atoms with Gasteiger partial charge in [0, 0.05) is 30.3 Å². The van der Waals surface area contributed by atoms with Crippen LogP contribution in [0.5, 0.6) is 0 Å². The van der Waals surface area contributed by atoms with Crippen LogP contribution in [0.25, 0.3) is 0 Å². The summed E-state index contributed by atoms with van der Waals surface area (Å²) >= 11 is 0. The van der Waals surface area contributed by atoms with E-state index >= 15 is 0 Å². The summed E-state index contributed by atoms with van der Waals surface area (Å²) in [5.74, 6) is -1.41. The van der Waals surface area contributed by atoms with Crippen molar-refractivity contribution in [1.82, 2.24) is 14.0 Å². The normalized spacial score (nSPS) is 17.1. The zero-order valence-corrected chi connectivity index (χ0v) is 22.3. The second-order valence-corrected chi connectivity index (χ2v) is 10.4. The van der Waals surface area contributed by atoms with E-state index in [4.69, 9.17) is 9.47 Å². The van der Waals surface area contributed by atoms with Crippen molar-refractivity contribution in [2.45, 2.75) is 58.4 Å². The van der Waals surface area contributed by atoms with Crippen LogP contribution in [0.4, 0.5) is 4.79 Å². The number of esters is 1. The van der Waals surface area contributed by atoms with Crippen molar-refractivity contribution in [3.63, 3.8) is 0 Å². The monoisotopic (exact) mass is 533 g/mol. The Kier molecular flexibility index (Phi) is 7.85. The van der Waals surface area contributed by atoms with Crippen molar-refractivity contribution < 1.29 is 23.9 Å². The van der Waals surface area contributed by atoms with Gasteiger partial charge >= 0.3 is 17.8 Å². The molecule has 1 aromatic heterocycles. The molecule has 0 saturated carbocycles. The van der Waals surface area contributed by atoms with Gasteiger partial charge in [-0.25, -0.2) is 14.4 Å². The highest BCUT2D eigenvalue weighted by atomic mass is 16.6. The topological polar surface area (TPSA) is 117 Å². The minimum atomic E-state index is -1.04. The molecule has 0 radical (unpaired) electrons. The van der Waals surface area contributed by atoms with Gasteiger partial charge in [0.15, 0.2) is 0 Å². The first-order valence-electron chi connectivity index (χ1n) is 12.6. The number of carbonyl (C=O) groups is 3. The second kappa shape index (κ2) is 11.1. The van der Waals surface area contributed by atoms with E-state index in [-0.39, 0.29) is 30.7 Å². The highest BCUT2D eigenvalue weighted by Gasteiger charge is 2.44. The van der Waals surface area contributed by atoms with E-state index < -0.39 is 46.9 Å². The predicted molar refractivity (Wildman–Crippen MR) is 142 cm³/mol. The fraction of sp³-hybridized carbons (Fsp3) is 0.345. The predicted octanol–water partition coefficient (Wildman–Crippen LogP) is 3.30. The molecule has 4 rings (SSSR count). The van der Waals surface area contributed by atoms with Gasteiger partial charge in [-0.05, 0) is 45.4 Å². The molecule has 3 aromatic rings. The molecule has 0 spiro atoms. The van der Waals surface area contributed by atoms with E-state index in [1.54, 1.807) is 39.0 Å². The molecule has 2 heterocycles. The van der Waals surface area contributed by atoms with Crippen LogP contribution < -0.4 is 11.2 Å². The number of amides is 1. The molecule has 10 nitrogen and oxygen atoms in total. The zero-order chi connectivity index (χ0) is 28.3. The maximum Gasteiger partial charge on any atom is 0.411 e. The molecule has 204 valence electrons. The van der Waals surface area contributed by atoms with Crippen LogP contribution in [0, 0.1) is 6.92 Å². The van der Waals surface area contributed by atoms with Crippen LogP contribution in [0.1, 0.15) is 54.7 Å². The quantitative estimate of drug-likeness (QED) is 0.462. The molecule has 2 atom stereocenters. The number of nitrogens with zero attached hydrogens (tertiary/aromatic N) is 3. The summed E-state index contributed by atoms with van der Waals surface area (Å²) in [4.78, 5) is 67.0. The van der Waals surface area contributed by atoms with Crippen molar-refractivity contribution in [2.75, 3.05) is 6.54 Å². The Balaban J connectivity index is 1.67. The van der Waals surface area contributed by atoms with Crippen molar-refractivity contribution in [3.05, 3.63) is 104 Å². The van der Waals surface area contributed by atoms with E-state index in [2.05, 4.69) is 0 Å². The number of hydrogen-bond acceptors (Lipinski definition) is 7. The van der Waals surface area contributed by atoms with E-state index in [1.807, 2.05) is 30.3 Å². The number of rotatable bonds is 5. The Bertz CT molecular complexity index is 1490. The van der Waals surface area contributed by atoms with Gasteiger partial charge in [-0.1, -0.05) is 48.5 Å². The summed E-state index contributed by atoms with van der Waals surface area (Å²) in [6, 6.07) is 15.4. The molecule has 1 saturated heterocycles. The van der Waals surface area contributed by atoms with Crippen LogP contribution in [-0.4, -0.2) is 50.2 Å². The molecule has 1 aliphatic rings. The summed E-state index contributed by atoms with van der Waals surface area (Å²) in [6.07, 6.45) is 0.657. The largest absolute Gasteiger partial charge is 0.459 e. The number of carbonyl (C=O) groups excluding carboxylic acids is 3. The molecular weight excluding hydrogens is 502 g/mol. The van der Waals surface area contributed by atoms with Gasteiger partial charge in [-0.2, -0.15) is 4.57 Å². The Morgan fingerprint density at radius 3 is 2.18 bits per heavy atom. The van der Waals surface area contributed by atoms with Gasteiger partial charge in [0.25, 0.3) is 11.5 Å². The lowest BCUT2D eigenvalue weighted by molar-refractivity contribution is -0.150. The lowest BCUT2D eigenvalue weighted by Crippen LogP contribution is -2.46. The first kappa shape index (κ1) is 27.6. The number of ether oxygens (including phenoxy) is 2. The van der Waals surface area contributed by atoms with Gasteiger partial charge in [0.2, 0.25) is 0 Å². The van der Waals surface area contributed by atoms with Crippen LogP contribution in [0.2, 0.25) is 0 Å². The molecule has 1 fully saturated rings. The average molecular weight is 534 g/mol. The number of likely N-dealkylation sites (tertiary alicyclic amines) is 1. The third-order valence-electron chi connectivity index (χ3n) is 6.31. The highest BCUT2D eigenvalue weighted by molar-refractivity contribution is 5.95. The number of hydrogen-bond donors (Lipinski definition) is 0. The van der Waals surface area contributed by atoms with E-state index in [9.17, 15) is 24.0 Å². The number of aryl methyl sites for hydroxylation is 1. The van der Waals surface area contributed by atoms with Crippen LogP contribution in [-0.2, 0) is 20.9 Å². The van der Waals surface area contributed by atoms with Crippen molar-refractivity contribution in [2.24, 2.45) is 0 Å². The second-order valence-electron chi connectivity index (χ2n) is 10.4. The van der Waals surface area contributed by atoms with E-state index in [1.165, 1.54) is 34.7 Å². The summed E-state index contributed by atoms with van der Waals surface area (Å²) in [6.45, 7) is 6.58. The lowest BCUT2D eigenvalue weighted by atomic mass is 10.1. The van der Waals surface area contributed by atoms with Crippen LogP contribution >= 0.6 is 0 Å². The zero-order valence-electron chi connectivity index (χ0n) is 22.3. The van der Waals surface area contributed by atoms with Gasteiger partial charge in [0.05, 0.1) is 6.04 Å². The van der Waals surface area contributed by atoms with E-state index in [0.29, 0.717) is 4.57 Å². The highest BCUT2D eigenvalue weighted by Crippen LogP contribution is 2.29. The third kappa shape index (κ3) is 6.17. The maximum absolute atomic E-state index is 13.5. The Labute approximate surface area is 225 Å². The Morgan fingerprint density at radius 2 is 1.56 bits per heavy atom. The average Bonchev–Trinajstić information content (AvgIpc) is 3.35. The minimum Gasteiger partial charge on any atom is -0.459 e. The summed E-state index contributed by atoms with van der Waals surface area (Å²) in [7, 11) is 0. The number of aromatic nitrogens is 2. The van der Waals surface area contributed by atoms with Crippen molar-refractivity contribution in [1.29, 1.82) is 0 Å². The fourth-order valence-electron chi connectivity index (χ4n) is 4.43. The molecular formula is C29H31N3O7. The Morgan fingerprint density at radius 1 is 0.949 bits per heavy atom. The molecule has 0 unspecified atom stereocenters. The van der Waals surface area contributed by atoms with Crippen molar-refractivity contribution >= 4 is 18.0 Å². The fourth-order valence-corrected chi connectivity index (χ4v) is 4.43. The minimum absolute atomic E-state index is 0.0124. The standard InChI is InChI=1S/C29H31N3O7/c1-19-16-30(27(36)32(24(19)33)25(34)21-13-9-6-10-14-21)22-15-23(31(17-22)28(37)39-29(2,3)4)26(35)38-18-20-11-7-5-8-12-20/h5-14,16,22-23H,15,17-18H2,1-4H3/t22-,23-/m0/s1. The summed E-state index contributed by atoms with van der Waals surface area (Å²) in [5.41, 5.74) is -1.28. The molecule has 10 heteroatoms. The Hall–Kier alpha value is -4.47. The van der Waals surface area contributed by atoms with Gasteiger partial charge < -0.3 is 9.47 Å². The van der Waals surface area contributed by atoms with Gasteiger partial charge in [-0.15, -0.1) is 0 Å². The summed E-state index contributed by atoms with van der Waals surface area (Å²) in [5, 5.41) is 0. The molecule has 2 aromatic carbocycles. The first-order chi connectivity index (χ1) is 18.5. The third-order valence-corrected chi connectivity index (χ3v) is 6.31. The van der Waals surface area contributed by atoms with E-state index in [0.717, 1.165) is 5.56 Å². The first-order valence-corrected chi connectivity index (χ1v) is 12.6. The molecule has 1 amide bonds. The molecule has 0 bridgehead atoms. The van der Waals surface area contributed by atoms with Crippen molar-refractivity contribution in [3.8, 4) is 0 Å². The molecule has 39 heavy (non-hydrogen) atoms. The van der Waals surface area contributed by atoms with Crippen LogP contribution in [0.15, 0.2) is 76.4 Å². The number of benzene rings is 2. The maximum atomic E-state index is 13.5. The molecule has 1 aliphatic heterocycles. The SMILES string of the molecule is Cc1cn([C@H]2C[C@@H](C(=O)OCc3ccccc3)N(C(=O)OC(C)(C)C)C2)c(=O)n(C(=O)c2ccccc2)c1=O. The molecule has 0 aliphatic carbocycles. The smallest absolute Gasteiger partial charge is 0.411 e.